The number of nitrogens with zero attached hydrogens (tertiary/aromatic N) is 3. The second-order valence-electron chi connectivity index (χ2n) is 4.93. The molecule has 6 heteroatoms. The third-order valence-corrected chi connectivity index (χ3v) is 5.09. The Hall–Kier alpha value is -2.31. The van der Waals surface area contributed by atoms with Crippen LogP contribution in [-0.4, -0.2) is 14.6 Å². The van der Waals surface area contributed by atoms with E-state index in [1.165, 1.54) is 15.9 Å². The summed E-state index contributed by atoms with van der Waals surface area (Å²) in [5.74, 6) is 0.571. The van der Waals surface area contributed by atoms with Gasteiger partial charge in [-0.2, -0.15) is 9.50 Å². The van der Waals surface area contributed by atoms with Gasteiger partial charge in [-0.1, -0.05) is 75.8 Å². The molecule has 0 aliphatic rings. The summed E-state index contributed by atoms with van der Waals surface area (Å²) in [6, 6.07) is 17.4. The second-order valence-corrected chi connectivity index (χ2v) is 6.80. The van der Waals surface area contributed by atoms with E-state index in [4.69, 9.17) is 0 Å². The van der Waals surface area contributed by atoms with E-state index < -0.39 is 0 Å². The number of benzene rings is 2. The first-order valence-electron chi connectivity index (χ1n) is 6.93. The third kappa shape index (κ3) is 2.60. The molecule has 4 nitrogen and oxygen atoms in total. The highest BCUT2D eigenvalue weighted by atomic mass is 79.9. The molecule has 0 radical (unpaired) electrons. The molecule has 2 heterocycles. The Kier molecular flexibility index (Phi) is 3.55. The number of aromatic nitrogens is 3. The average Bonchev–Trinajstić information content (AvgIpc) is 3.11. The van der Waals surface area contributed by atoms with Crippen molar-refractivity contribution < 1.29 is 0 Å². The van der Waals surface area contributed by atoms with Crippen molar-refractivity contribution in [2.24, 2.45) is 0 Å². The van der Waals surface area contributed by atoms with Crippen LogP contribution in [0.15, 0.2) is 63.9 Å². The predicted molar refractivity (Wildman–Crippen MR) is 95.5 cm³/mol. The summed E-state index contributed by atoms with van der Waals surface area (Å²) >= 11 is 4.83. The molecule has 0 N–H and O–H groups in total. The zero-order valence-electron chi connectivity index (χ0n) is 11.8. The minimum Gasteiger partial charge on any atom is -0.266 e. The summed E-state index contributed by atoms with van der Waals surface area (Å²) in [6.07, 6.45) is 1.86. The maximum atomic E-state index is 12.5. The molecule has 0 unspecified atom stereocenters. The Labute approximate surface area is 143 Å². The van der Waals surface area contributed by atoms with Crippen LogP contribution >= 0.6 is 27.3 Å². The maximum Gasteiger partial charge on any atom is 0.291 e. The van der Waals surface area contributed by atoms with E-state index in [1.807, 2.05) is 60.7 Å². The lowest BCUT2D eigenvalue weighted by Gasteiger charge is -1.94. The molecule has 0 saturated heterocycles. The monoisotopic (exact) mass is 383 g/mol. The van der Waals surface area contributed by atoms with Gasteiger partial charge in [0, 0.05) is 10.0 Å². The van der Waals surface area contributed by atoms with Crippen molar-refractivity contribution in [3.8, 4) is 11.4 Å². The number of fused-ring (bicyclic) bond motifs is 1. The molecule has 0 fully saturated rings. The fraction of sp³-hybridized carbons (Fsp3) is 0. The molecular formula is C17H10BrN3OS. The van der Waals surface area contributed by atoms with E-state index in [9.17, 15) is 4.79 Å². The van der Waals surface area contributed by atoms with Gasteiger partial charge in [0.15, 0.2) is 5.82 Å². The average molecular weight is 384 g/mol. The first kappa shape index (κ1) is 14.3. The number of hydrogen-bond donors (Lipinski definition) is 0. The molecule has 2 aromatic carbocycles. The van der Waals surface area contributed by atoms with Gasteiger partial charge in [-0.15, -0.1) is 5.10 Å². The van der Waals surface area contributed by atoms with Crippen LogP contribution in [-0.2, 0) is 0 Å². The highest BCUT2D eigenvalue weighted by Gasteiger charge is 2.11. The summed E-state index contributed by atoms with van der Waals surface area (Å²) in [6.45, 7) is 0. The molecule has 0 amide bonds. The zero-order chi connectivity index (χ0) is 15.8. The third-order valence-electron chi connectivity index (χ3n) is 3.41. The predicted octanol–water partition coefficient (Wildman–Crippen LogP) is 3.13. The smallest absolute Gasteiger partial charge is 0.266 e. The van der Waals surface area contributed by atoms with Crippen LogP contribution < -0.4 is 10.1 Å². The number of rotatable bonds is 2. The van der Waals surface area contributed by atoms with E-state index in [0.29, 0.717) is 15.3 Å². The topological polar surface area (TPSA) is 47.3 Å². The molecule has 23 heavy (non-hydrogen) atoms. The van der Waals surface area contributed by atoms with E-state index in [-0.39, 0.29) is 5.56 Å². The summed E-state index contributed by atoms with van der Waals surface area (Å²) in [4.78, 5) is 17.6. The quantitative estimate of drug-likeness (QED) is 0.534. The van der Waals surface area contributed by atoms with Gasteiger partial charge in [0.05, 0.1) is 4.53 Å². The van der Waals surface area contributed by atoms with Crippen molar-refractivity contribution in [1.82, 2.24) is 14.6 Å². The first-order valence-corrected chi connectivity index (χ1v) is 8.54. The SMILES string of the molecule is O=c1c(=Cc2ccccc2Br)sc2nc(-c3ccccc3)nn12. The Morgan fingerprint density at radius 3 is 2.52 bits per heavy atom. The van der Waals surface area contributed by atoms with Crippen molar-refractivity contribution in [2.75, 3.05) is 0 Å². The number of halogens is 1. The lowest BCUT2D eigenvalue weighted by molar-refractivity contribution is 0.937. The molecule has 0 aliphatic heterocycles. The lowest BCUT2D eigenvalue weighted by atomic mass is 10.2. The summed E-state index contributed by atoms with van der Waals surface area (Å²) < 4.78 is 2.94. The largest absolute Gasteiger partial charge is 0.291 e. The Bertz CT molecular complexity index is 1100. The van der Waals surface area contributed by atoms with Gasteiger partial charge < -0.3 is 0 Å². The van der Waals surface area contributed by atoms with Crippen LogP contribution in [0.4, 0.5) is 0 Å². The number of hydrogen-bond acceptors (Lipinski definition) is 4. The fourth-order valence-electron chi connectivity index (χ4n) is 2.28. The van der Waals surface area contributed by atoms with E-state index in [2.05, 4.69) is 26.0 Å². The van der Waals surface area contributed by atoms with E-state index in [0.717, 1.165) is 15.6 Å². The van der Waals surface area contributed by atoms with Crippen LogP contribution in [0.1, 0.15) is 5.56 Å². The van der Waals surface area contributed by atoms with Gasteiger partial charge in [0.2, 0.25) is 4.96 Å². The fourth-order valence-corrected chi connectivity index (χ4v) is 3.57. The molecule has 0 spiro atoms. The Morgan fingerprint density at radius 2 is 1.78 bits per heavy atom. The van der Waals surface area contributed by atoms with Crippen LogP contribution in [0.25, 0.3) is 22.4 Å². The van der Waals surface area contributed by atoms with Crippen molar-refractivity contribution in [1.29, 1.82) is 0 Å². The second kappa shape index (κ2) is 5.72. The van der Waals surface area contributed by atoms with Gasteiger partial charge in [0.25, 0.3) is 5.56 Å². The van der Waals surface area contributed by atoms with Gasteiger partial charge in [-0.05, 0) is 17.7 Å². The van der Waals surface area contributed by atoms with Crippen LogP contribution in [0.5, 0.6) is 0 Å². The molecular weight excluding hydrogens is 374 g/mol. The van der Waals surface area contributed by atoms with Crippen LogP contribution in [0, 0.1) is 0 Å². The molecule has 0 aliphatic carbocycles. The highest BCUT2D eigenvalue weighted by Crippen LogP contribution is 2.17. The van der Waals surface area contributed by atoms with Crippen LogP contribution in [0.3, 0.4) is 0 Å². The van der Waals surface area contributed by atoms with Crippen LogP contribution in [0.2, 0.25) is 0 Å². The molecule has 4 aromatic rings. The molecule has 2 aromatic heterocycles. The van der Waals surface area contributed by atoms with Gasteiger partial charge in [-0.25, -0.2) is 0 Å². The van der Waals surface area contributed by atoms with Gasteiger partial charge >= 0.3 is 0 Å². The highest BCUT2D eigenvalue weighted by molar-refractivity contribution is 9.10. The molecule has 0 atom stereocenters. The number of thiazole rings is 1. The normalized spacial score (nSPS) is 12.1. The first-order chi connectivity index (χ1) is 11.2. The van der Waals surface area contributed by atoms with Crippen molar-refractivity contribution in [2.45, 2.75) is 0 Å². The molecule has 112 valence electrons. The lowest BCUT2D eigenvalue weighted by Crippen LogP contribution is -2.23. The zero-order valence-corrected chi connectivity index (χ0v) is 14.2. The van der Waals surface area contributed by atoms with E-state index in [1.54, 1.807) is 0 Å². The molecule has 0 bridgehead atoms. The Balaban J connectivity index is 1.86. The van der Waals surface area contributed by atoms with Gasteiger partial charge in [0.1, 0.15) is 0 Å². The molecule has 4 rings (SSSR count). The minimum atomic E-state index is -0.143. The van der Waals surface area contributed by atoms with Crippen molar-refractivity contribution >= 4 is 38.3 Å². The summed E-state index contributed by atoms with van der Waals surface area (Å²) in [5, 5.41) is 4.34. The Morgan fingerprint density at radius 1 is 1.04 bits per heavy atom. The molecule has 0 saturated carbocycles. The maximum absolute atomic E-state index is 12.5. The van der Waals surface area contributed by atoms with Gasteiger partial charge in [-0.3, -0.25) is 4.79 Å². The minimum absolute atomic E-state index is 0.143. The van der Waals surface area contributed by atoms with Crippen molar-refractivity contribution in [3.63, 3.8) is 0 Å². The summed E-state index contributed by atoms with van der Waals surface area (Å²) in [5.41, 5.74) is 1.71. The standard InChI is InChI=1S/C17H10BrN3OS/c18-13-9-5-4-8-12(13)10-14-16(22)21-17(23-14)19-15(20-21)11-6-2-1-3-7-11/h1-10H. The summed E-state index contributed by atoms with van der Waals surface area (Å²) in [7, 11) is 0. The van der Waals surface area contributed by atoms with Crippen molar-refractivity contribution in [3.05, 3.63) is 79.5 Å². The van der Waals surface area contributed by atoms with E-state index >= 15 is 0 Å².